The zero-order valence-corrected chi connectivity index (χ0v) is 13.1. The van der Waals surface area contributed by atoms with Crippen molar-refractivity contribution < 1.29 is 4.79 Å². The predicted molar refractivity (Wildman–Crippen MR) is 80.6 cm³/mol. The molecule has 0 saturated heterocycles. The monoisotopic (exact) mass is 290 g/mol. The van der Waals surface area contributed by atoms with Crippen molar-refractivity contribution >= 4 is 5.91 Å². The Balaban J connectivity index is 1.47. The lowest BCUT2D eigenvalue weighted by atomic mass is 9.86. The van der Waals surface area contributed by atoms with E-state index >= 15 is 0 Å². The second kappa shape index (κ2) is 6.58. The summed E-state index contributed by atoms with van der Waals surface area (Å²) in [6.07, 6.45) is 10.6. The molecule has 1 saturated carbocycles. The summed E-state index contributed by atoms with van der Waals surface area (Å²) in [6, 6.07) is 0. The quantitative estimate of drug-likeness (QED) is 0.837. The minimum absolute atomic E-state index is 0.246. The van der Waals surface area contributed by atoms with Crippen LogP contribution in [0, 0.1) is 5.92 Å². The van der Waals surface area contributed by atoms with E-state index in [9.17, 15) is 4.79 Å². The molecule has 2 heterocycles. The summed E-state index contributed by atoms with van der Waals surface area (Å²) in [5.74, 6) is 3.04. The molecule has 1 amide bonds. The topological polar surface area (TPSA) is 51.0 Å². The minimum atomic E-state index is 0.246. The highest BCUT2D eigenvalue weighted by Crippen LogP contribution is 2.27. The minimum Gasteiger partial charge on any atom is -0.338 e. The van der Waals surface area contributed by atoms with E-state index in [4.69, 9.17) is 0 Å². The van der Waals surface area contributed by atoms with E-state index < -0.39 is 0 Å². The lowest BCUT2D eigenvalue weighted by Crippen LogP contribution is -2.28. The Hall–Kier alpha value is -1.39. The summed E-state index contributed by atoms with van der Waals surface area (Å²) < 4.78 is 2.17. The van der Waals surface area contributed by atoms with Gasteiger partial charge in [-0.1, -0.05) is 32.1 Å². The number of amides is 1. The maximum absolute atomic E-state index is 12.3. The number of hydrogen-bond donors (Lipinski definition) is 0. The summed E-state index contributed by atoms with van der Waals surface area (Å²) in [6.45, 7) is 1.60. The van der Waals surface area contributed by atoms with Crippen molar-refractivity contribution in [3.63, 3.8) is 0 Å². The van der Waals surface area contributed by atoms with E-state index in [0.717, 1.165) is 43.4 Å². The highest BCUT2D eigenvalue weighted by atomic mass is 16.2. The third kappa shape index (κ3) is 3.44. The Morgan fingerprint density at radius 1 is 1.24 bits per heavy atom. The van der Waals surface area contributed by atoms with Crippen LogP contribution in [0.4, 0.5) is 0 Å². The van der Waals surface area contributed by atoms with Crippen molar-refractivity contribution in [2.75, 3.05) is 7.05 Å². The van der Waals surface area contributed by atoms with Crippen molar-refractivity contribution in [3.8, 4) is 0 Å². The second-order valence-corrected chi connectivity index (χ2v) is 6.58. The molecule has 5 nitrogen and oxygen atoms in total. The van der Waals surface area contributed by atoms with Gasteiger partial charge in [-0.25, -0.2) is 0 Å². The Morgan fingerprint density at radius 2 is 2.05 bits per heavy atom. The molecule has 1 aromatic rings. The molecule has 0 unspecified atom stereocenters. The van der Waals surface area contributed by atoms with Crippen molar-refractivity contribution in [2.24, 2.45) is 5.92 Å². The van der Waals surface area contributed by atoms with E-state index in [1.54, 1.807) is 0 Å². The van der Waals surface area contributed by atoms with Crippen molar-refractivity contribution in [1.82, 2.24) is 19.7 Å². The largest absolute Gasteiger partial charge is 0.338 e. The number of fused-ring (bicyclic) bond motifs is 1. The molecule has 0 aromatic carbocycles. The molecule has 1 aromatic heterocycles. The number of nitrogens with zero attached hydrogens (tertiary/aromatic N) is 4. The molecule has 2 aliphatic rings. The molecule has 3 rings (SSSR count). The number of carbonyl (C=O) groups excluding carboxylic acids is 1. The summed E-state index contributed by atoms with van der Waals surface area (Å²) in [4.78, 5) is 14.1. The predicted octanol–water partition coefficient (Wildman–Crippen LogP) is 2.54. The fourth-order valence-electron chi connectivity index (χ4n) is 3.62. The maximum atomic E-state index is 12.3. The molecule has 0 radical (unpaired) electrons. The summed E-state index contributed by atoms with van der Waals surface area (Å²) in [5.41, 5.74) is 0. The molecule has 116 valence electrons. The number of rotatable bonds is 5. The van der Waals surface area contributed by atoms with Crippen LogP contribution in [0.25, 0.3) is 0 Å². The van der Waals surface area contributed by atoms with Crippen LogP contribution in [-0.2, 0) is 24.3 Å². The maximum Gasteiger partial charge on any atom is 0.222 e. The average molecular weight is 290 g/mol. The second-order valence-electron chi connectivity index (χ2n) is 6.58. The summed E-state index contributed by atoms with van der Waals surface area (Å²) >= 11 is 0. The van der Waals surface area contributed by atoms with Gasteiger partial charge in [-0.05, 0) is 18.8 Å². The van der Waals surface area contributed by atoms with Gasteiger partial charge in [0.15, 0.2) is 5.82 Å². The highest BCUT2D eigenvalue weighted by molar-refractivity contribution is 5.75. The molecular weight excluding hydrogens is 264 g/mol. The smallest absolute Gasteiger partial charge is 0.222 e. The van der Waals surface area contributed by atoms with Gasteiger partial charge in [0.1, 0.15) is 5.82 Å². The van der Waals surface area contributed by atoms with Gasteiger partial charge in [0.25, 0.3) is 0 Å². The first-order valence-corrected chi connectivity index (χ1v) is 8.39. The van der Waals surface area contributed by atoms with E-state index in [-0.39, 0.29) is 5.91 Å². The zero-order chi connectivity index (χ0) is 14.7. The lowest BCUT2D eigenvalue weighted by Gasteiger charge is -2.22. The van der Waals surface area contributed by atoms with Crippen LogP contribution in [0.3, 0.4) is 0 Å². The molecule has 0 N–H and O–H groups in total. The molecule has 1 aliphatic heterocycles. The fraction of sp³-hybridized carbons (Fsp3) is 0.812. The van der Waals surface area contributed by atoms with Crippen LogP contribution in [0.2, 0.25) is 0 Å². The molecule has 0 bridgehead atoms. The normalized spacial score (nSPS) is 18.7. The number of aromatic nitrogens is 3. The molecular formula is C16H26N4O. The molecule has 5 heteroatoms. The fourth-order valence-corrected chi connectivity index (χ4v) is 3.62. The van der Waals surface area contributed by atoms with Crippen molar-refractivity contribution in [2.45, 2.75) is 70.9 Å². The van der Waals surface area contributed by atoms with Crippen LogP contribution in [-0.4, -0.2) is 32.6 Å². The van der Waals surface area contributed by atoms with Crippen LogP contribution >= 0.6 is 0 Å². The van der Waals surface area contributed by atoms with Crippen LogP contribution in [0.1, 0.15) is 63.0 Å². The first-order valence-electron chi connectivity index (χ1n) is 8.39. The average Bonchev–Trinajstić information content (AvgIpc) is 3.11. The Kier molecular flexibility index (Phi) is 4.56. The molecule has 1 fully saturated rings. The van der Waals surface area contributed by atoms with Gasteiger partial charge in [-0.3, -0.25) is 4.79 Å². The van der Waals surface area contributed by atoms with Gasteiger partial charge >= 0.3 is 0 Å². The van der Waals surface area contributed by atoms with Crippen LogP contribution in [0.15, 0.2) is 0 Å². The molecule has 0 spiro atoms. The standard InChI is InChI=1S/C16H26N4O/c1-19(12-15-18-17-14-8-5-11-20(14)15)16(21)10-9-13-6-3-2-4-7-13/h13H,2-12H2,1H3. The third-order valence-electron chi connectivity index (χ3n) is 4.98. The van der Waals surface area contributed by atoms with Gasteiger partial charge in [-0.2, -0.15) is 0 Å². The zero-order valence-electron chi connectivity index (χ0n) is 13.1. The molecule has 1 aliphatic carbocycles. The van der Waals surface area contributed by atoms with Gasteiger partial charge in [0.05, 0.1) is 6.54 Å². The van der Waals surface area contributed by atoms with Gasteiger partial charge in [0.2, 0.25) is 5.91 Å². The molecule has 0 atom stereocenters. The first kappa shape index (κ1) is 14.5. The summed E-state index contributed by atoms with van der Waals surface area (Å²) in [7, 11) is 1.89. The lowest BCUT2D eigenvalue weighted by molar-refractivity contribution is -0.130. The van der Waals surface area contributed by atoms with E-state index in [0.29, 0.717) is 13.0 Å². The van der Waals surface area contributed by atoms with Crippen molar-refractivity contribution in [1.29, 1.82) is 0 Å². The SMILES string of the molecule is CN(Cc1nnc2n1CCC2)C(=O)CCC1CCCCC1. The van der Waals surface area contributed by atoms with E-state index in [1.165, 1.54) is 32.1 Å². The van der Waals surface area contributed by atoms with Gasteiger partial charge in [0, 0.05) is 26.4 Å². The van der Waals surface area contributed by atoms with Crippen LogP contribution < -0.4 is 0 Å². The Labute approximate surface area is 126 Å². The highest BCUT2D eigenvalue weighted by Gasteiger charge is 2.21. The Morgan fingerprint density at radius 3 is 2.86 bits per heavy atom. The van der Waals surface area contributed by atoms with Gasteiger partial charge in [-0.15, -0.1) is 10.2 Å². The Bertz CT molecular complexity index is 490. The van der Waals surface area contributed by atoms with E-state index in [2.05, 4.69) is 14.8 Å². The van der Waals surface area contributed by atoms with Crippen LogP contribution in [0.5, 0.6) is 0 Å². The summed E-state index contributed by atoms with van der Waals surface area (Å²) in [5, 5.41) is 8.43. The third-order valence-corrected chi connectivity index (χ3v) is 4.98. The van der Waals surface area contributed by atoms with Crippen molar-refractivity contribution in [3.05, 3.63) is 11.6 Å². The first-order chi connectivity index (χ1) is 10.2. The molecule has 21 heavy (non-hydrogen) atoms. The number of hydrogen-bond acceptors (Lipinski definition) is 3. The van der Waals surface area contributed by atoms with Gasteiger partial charge < -0.3 is 9.47 Å². The van der Waals surface area contributed by atoms with E-state index in [1.807, 2.05) is 11.9 Å². The number of aryl methyl sites for hydroxylation is 1. The number of carbonyl (C=O) groups is 1.